The van der Waals surface area contributed by atoms with Gasteiger partial charge in [-0.05, 0) is 47.6 Å². The van der Waals surface area contributed by atoms with Crippen LogP contribution in [0.4, 0.5) is 5.69 Å². The average Bonchev–Trinajstić information content (AvgIpc) is 3.29. The van der Waals surface area contributed by atoms with Gasteiger partial charge in [-0.15, -0.1) is 0 Å². The molecule has 0 aromatic heterocycles. The highest BCUT2D eigenvalue weighted by Crippen LogP contribution is 2.39. The van der Waals surface area contributed by atoms with E-state index in [1.165, 1.54) is 4.90 Å². The van der Waals surface area contributed by atoms with Crippen molar-refractivity contribution in [3.05, 3.63) is 65.4 Å². The van der Waals surface area contributed by atoms with Crippen molar-refractivity contribution in [2.75, 3.05) is 24.6 Å². The minimum Gasteiger partial charge on any atom is -0.449 e. The van der Waals surface area contributed by atoms with Crippen molar-refractivity contribution in [1.82, 2.24) is 5.32 Å². The summed E-state index contributed by atoms with van der Waals surface area (Å²) in [5.74, 6) is 0.201. The van der Waals surface area contributed by atoms with E-state index in [9.17, 15) is 9.59 Å². The highest BCUT2D eigenvalue weighted by molar-refractivity contribution is 6.12. The quantitative estimate of drug-likeness (QED) is 0.721. The molecule has 4 rings (SSSR count). The number of amides is 2. The molecule has 0 bridgehead atoms. The SMILES string of the molecule is CC(C)(C)c1ccc2c(c1)N(CC(=O)NC[C@@H]1CCCO1)C(=O)/C(=C/c1ccccc1)O2. The fraction of sp³-hybridized carbons (Fsp3) is 0.385. The molecule has 1 N–H and O–H groups in total. The van der Waals surface area contributed by atoms with Crippen LogP contribution in [-0.4, -0.2) is 37.6 Å². The van der Waals surface area contributed by atoms with Gasteiger partial charge in [0.1, 0.15) is 6.54 Å². The van der Waals surface area contributed by atoms with Gasteiger partial charge in [0, 0.05) is 13.2 Å². The fourth-order valence-electron chi connectivity index (χ4n) is 3.87. The molecule has 0 aliphatic carbocycles. The van der Waals surface area contributed by atoms with E-state index in [1.54, 1.807) is 6.08 Å². The molecule has 0 unspecified atom stereocenters. The number of hydrogen-bond donors (Lipinski definition) is 1. The number of fused-ring (bicyclic) bond motifs is 1. The molecule has 168 valence electrons. The van der Waals surface area contributed by atoms with E-state index in [1.807, 2.05) is 48.5 Å². The molecule has 0 radical (unpaired) electrons. The Morgan fingerprint density at radius 3 is 2.66 bits per heavy atom. The Hall–Kier alpha value is -3.12. The van der Waals surface area contributed by atoms with E-state index < -0.39 is 0 Å². The summed E-state index contributed by atoms with van der Waals surface area (Å²) in [5.41, 5.74) is 2.42. The van der Waals surface area contributed by atoms with Gasteiger partial charge in [-0.3, -0.25) is 14.5 Å². The number of rotatable bonds is 5. The lowest BCUT2D eigenvalue weighted by Crippen LogP contribution is -2.45. The molecular formula is C26H30N2O4. The molecule has 6 nitrogen and oxygen atoms in total. The van der Waals surface area contributed by atoms with E-state index in [-0.39, 0.29) is 35.6 Å². The summed E-state index contributed by atoms with van der Waals surface area (Å²) < 4.78 is 11.6. The minimum atomic E-state index is -0.334. The number of anilines is 1. The molecule has 2 aromatic rings. The molecule has 1 fully saturated rings. The average molecular weight is 435 g/mol. The Morgan fingerprint density at radius 1 is 1.19 bits per heavy atom. The third-order valence-electron chi connectivity index (χ3n) is 5.74. The van der Waals surface area contributed by atoms with Gasteiger partial charge in [0.25, 0.3) is 5.91 Å². The standard InChI is InChI=1S/C26H30N2O4/c1-26(2,3)19-11-12-22-21(15-19)28(17-24(29)27-16-20-10-7-13-31-20)25(30)23(32-22)14-18-8-5-4-6-9-18/h4-6,8-9,11-12,14-15,20H,7,10,13,16-17H2,1-3H3,(H,27,29)/b23-14-/t20-/m0/s1. The maximum atomic E-state index is 13.4. The topological polar surface area (TPSA) is 67.9 Å². The zero-order valence-electron chi connectivity index (χ0n) is 18.9. The molecule has 2 aliphatic rings. The van der Waals surface area contributed by atoms with Gasteiger partial charge in [0.15, 0.2) is 11.5 Å². The van der Waals surface area contributed by atoms with Crippen LogP contribution in [0.25, 0.3) is 6.08 Å². The van der Waals surface area contributed by atoms with E-state index >= 15 is 0 Å². The third kappa shape index (κ3) is 5.02. The zero-order valence-corrected chi connectivity index (χ0v) is 18.9. The number of nitrogens with zero attached hydrogens (tertiary/aromatic N) is 1. The van der Waals surface area contributed by atoms with Crippen molar-refractivity contribution in [2.24, 2.45) is 0 Å². The molecule has 6 heteroatoms. The second kappa shape index (κ2) is 9.17. The highest BCUT2D eigenvalue weighted by Gasteiger charge is 2.33. The van der Waals surface area contributed by atoms with Crippen LogP contribution in [0.2, 0.25) is 0 Å². The normalized spacial score (nSPS) is 19.6. The first kappa shape index (κ1) is 22.1. The molecule has 0 saturated carbocycles. The summed E-state index contributed by atoms with van der Waals surface area (Å²) >= 11 is 0. The molecule has 2 aliphatic heterocycles. The fourth-order valence-corrected chi connectivity index (χ4v) is 3.87. The molecule has 1 atom stereocenters. The first-order chi connectivity index (χ1) is 15.3. The van der Waals surface area contributed by atoms with E-state index in [4.69, 9.17) is 9.47 Å². The van der Waals surface area contributed by atoms with E-state index in [0.29, 0.717) is 18.0 Å². The maximum Gasteiger partial charge on any atom is 0.294 e. The number of carbonyl (C=O) groups is 2. The van der Waals surface area contributed by atoms with Gasteiger partial charge in [-0.2, -0.15) is 0 Å². The van der Waals surface area contributed by atoms with Crippen molar-refractivity contribution >= 4 is 23.6 Å². The van der Waals surface area contributed by atoms with Crippen LogP contribution in [0.5, 0.6) is 5.75 Å². The maximum absolute atomic E-state index is 13.4. The number of hydrogen-bond acceptors (Lipinski definition) is 4. The molecule has 1 saturated heterocycles. The molecule has 2 amide bonds. The Labute approximate surface area is 189 Å². The largest absolute Gasteiger partial charge is 0.449 e. The first-order valence-electron chi connectivity index (χ1n) is 11.1. The lowest BCUT2D eigenvalue weighted by atomic mass is 9.86. The van der Waals surface area contributed by atoms with Crippen LogP contribution < -0.4 is 15.0 Å². The van der Waals surface area contributed by atoms with Crippen molar-refractivity contribution in [1.29, 1.82) is 0 Å². The smallest absolute Gasteiger partial charge is 0.294 e. The van der Waals surface area contributed by atoms with Crippen LogP contribution in [0.3, 0.4) is 0 Å². The van der Waals surface area contributed by atoms with Crippen molar-refractivity contribution in [2.45, 2.75) is 45.1 Å². The van der Waals surface area contributed by atoms with Gasteiger partial charge in [-0.1, -0.05) is 57.2 Å². The Kier molecular flexibility index (Phi) is 6.33. The Balaban J connectivity index is 1.62. The summed E-state index contributed by atoms with van der Waals surface area (Å²) in [7, 11) is 0. The van der Waals surface area contributed by atoms with Gasteiger partial charge in [0.05, 0.1) is 11.8 Å². The summed E-state index contributed by atoms with van der Waals surface area (Å²) in [6, 6.07) is 15.3. The van der Waals surface area contributed by atoms with Gasteiger partial charge in [0.2, 0.25) is 5.91 Å². The molecule has 32 heavy (non-hydrogen) atoms. The van der Waals surface area contributed by atoms with Crippen molar-refractivity contribution < 1.29 is 19.1 Å². The van der Waals surface area contributed by atoms with Crippen LogP contribution in [0.1, 0.15) is 44.7 Å². The number of carbonyl (C=O) groups excluding carboxylic acids is 2. The molecular weight excluding hydrogens is 404 g/mol. The predicted molar refractivity (Wildman–Crippen MR) is 125 cm³/mol. The van der Waals surface area contributed by atoms with Crippen LogP contribution in [-0.2, 0) is 19.7 Å². The summed E-state index contributed by atoms with van der Waals surface area (Å²) in [6.07, 6.45) is 3.71. The number of nitrogens with one attached hydrogen (secondary N) is 1. The van der Waals surface area contributed by atoms with E-state index in [2.05, 4.69) is 26.1 Å². The molecule has 2 aromatic carbocycles. The Morgan fingerprint density at radius 2 is 1.97 bits per heavy atom. The monoisotopic (exact) mass is 434 g/mol. The summed E-state index contributed by atoms with van der Waals surface area (Å²) in [5, 5.41) is 2.91. The second-order valence-corrected chi connectivity index (χ2v) is 9.28. The lowest BCUT2D eigenvalue weighted by molar-refractivity contribution is -0.123. The van der Waals surface area contributed by atoms with Crippen molar-refractivity contribution in [3.8, 4) is 5.75 Å². The van der Waals surface area contributed by atoms with Crippen LogP contribution >= 0.6 is 0 Å². The van der Waals surface area contributed by atoms with Gasteiger partial charge >= 0.3 is 0 Å². The second-order valence-electron chi connectivity index (χ2n) is 9.28. The van der Waals surface area contributed by atoms with Crippen LogP contribution in [0.15, 0.2) is 54.3 Å². The number of ether oxygens (including phenoxy) is 2. The third-order valence-corrected chi connectivity index (χ3v) is 5.74. The predicted octanol–water partition coefficient (Wildman–Crippen LogP) is 4.05. The highest BCUT2D eigenvalue weighted by atomic mass is 16.5. The Bertz CT molecular complexity index is 1020. The lowest BCUT2D eigenvalue weighted by Gasteiger charge is -2.32. The first-order valence-corrected chi connectivity index (χ1v) is 11.1. The van der Waals surface area contributed by atoms with Gasteiger partial charge < -0.3 is 14.8 Å². The minimum absolute atomic E-state index is 0.0488. The van der Waals surface area contributed by atoms with Crippen LogP contribution in [0, 0.1) is 0 Å². The summed E-state index contributed by atoms with van der Waals surface area (Å²) in [6.45, 7) is 7.44. The van der Waals surface area contributed by atoms with E-state index in [0.717, 1.165) is 30.6 Å². The molecule has 0 spiro atoms. The summed E-state index contributed by atoms with van der Waals surface area (Å²) in [4.78, 5) is 27.6. The van der Waals surface area contributed by atoms with Crippen molar-refractivity contribution in [3.63, 3.8) is 0 Å². The van der Waals surface area contributed by atoms with Gasteiger partial charge in [-0.25, -0.2) is 0 Å². The number of benzene rings is 2. The molecule has 2 heterocycles. The zero-order chi connectivity index (χ0) is 22.7.